The van der Waals surface area contributed by atoms with Crippen LogP contribution in [0.1, 0.15) is 25.0 Å². The maximum absolute atomic E-state index is 6.17. The first-order chi connectivity index (χ1) is 8.93. The van der Waals surface area contributed by atoms with Crippen molar-refractivity contribution in [2.75, 3.05) is 33.4 Å². The molecule has 1 heterocycles. The molecule has 5 heteroatoms. The number of hydrogen-bond acceptors (Lipinski definition) is 4. The number of aromatic nitrogens is 1. The normalized spacial score (nSPS) is 17.8. The van der Waals surface area contributed by atoms with E-state index in [0.717, 1.165) is 18.8 Å². The first kappa shape index (κ1) is 14.6. The van der Waals surface area contributed by atoms with Gasteiger partial charge in [-0.15, -0.1) is 0 Å². The molecule has 0 aliphatic heterocycles. The van der Waals surface area contributed by atoms with Crippen LogP contribution in [0.25, 0.3) is 0 Å². The second kappa shape index (κ2) is 5.65. The average Bonchev–Trinajstić information content (AvgIpc) is 2.28. The Kier molecular flexibility index (Phi) is 4.33. The monoisotopic (exact) mass is 282 g/mol. The molecule has 19 heavy (non-hydrogen) atoms. The Bertz CT molecular complexity index is 443. The van der Waals surface area contributed by atoms with Gasteiger partial charge < -0.3 is 10.6 Å². The minimum absolute atomic E-state index is 0.321. The Balaban J connectivity index is 2.01. The summed E-state index contributed by atoms with van der Waals surface area (Å²) in [6.07, 6.45) is 3.86. The van der Waals surface area contributed by atoms with Crippen LogP contribution in [-0.2, 0) is 6.54 Å². The number of nitrogens with two attached hydrogens (primary N) is 1. The minimum atomic E-state index is 0.321. The maximum Gasteiger partial charge on any atom is 0.123 e. The van der Waals surface area contributed by atoms with Crippen molar-refractivity contribution in [3.63, 3.8) is 0 Å². The first-order valence-electron chi connectivity index (χ1n) is 6.70. The molecule has 0 radical (unpaired) electrons. The molecule has 0 saturated heterocycles. The lowest BCUT2D eigenvalue weighted by atomic mass is 9.75. The second-order valence-electron chi connectivity index (χ2n) is 5.81. The van der Waals surface area contributed by atoms with Crippen molar-refractivity contribution < 1.29 is 0 Å². The molecule has 1 fully saturated rings. The van der Waals surface area contributed by atoms with Crippen molar-refractivity contribution >= 4 is 17.4 Å². The van der Waals surface area contributed by atoms with Gasteiger partial charge in [0, 0.05) is 18.6 Å². The predicted molar refractivity (Wildman–Crippen MR) is 80.3 cm³/mol. The summed E-state index contributed by atoms with van der Waals surface area (Å²) in [5.74, 6) is 0.527. The molecule has 1 aliphatic rings. The van der Waals surface area contributed by atoms with E-state index in [9.17, 15) is 0 Å². The third-order valence-corrected chi connectivity index (χ3v) is 4.50. The lowest BCUT2D eigenvalue weighted by Gasteiger charge is -2.49. The summed E-state index contributed by atoms with van der Waals surface area (Å²) >= 11 is 6.17. The van der Waals surface area contributed by atoms with E-state index in [1.54, 1.807) is 6.07 Å². The van der Waals surface area contributed by atoms with Gasteiger partial charge in [-0.1, -0.05) is 11.6 Å². The number of hydrogen-bond donors (Lipinski definition) is 1. The van der Waals surface area contributed by atoms with Gasteiger partial charge >= 0.3 is 0 Å². The van der Waals surface area contributed by atoms with Crippen LogP contribution in [-0.4, -0.2) is 48.0 Å². The van der Waals surface area contributed by atoms with Crippen molar-refractivity contribution in [2.45, 2.75) is 31.3 Å². The molecule has 1 aromatic rings. The Hall–Kier alpha value is -0.840. The summed E-state index contributed by atoms with van der Waals surface area (Å²) in [4.78, 5) is 8.96. The quantitative estimate of drug-likeness (QED) is 0.900. The van der Waals surface area contributed by atoms with Crippen molar-refractivity contribution in [3.05, 3.63) is 22.8 Å². The topological polar surface area (TPSA) is 45.4 Å². The van der Waals surface area contributed by atoms with Gasteiger partial charge in [0.2, 0.25) is 0 Å². The highest BCUT2D eigenvalue weighted by atomic mass is 35.5. The van der Waals surface area contributed by atoms with Gasteiger partial charge in [-0.2, -0.15) is 0 Å². The van der Waals surface area contributed by atoms with E-state index in [1.165, 1.54) is 19.3 Å². The Morgan fingerprint density at radius 1 is 1.32 bits per heavy atom. The molecule has 4 nitrogen and oxygen atoms in total. The zero-order valence-electron chi connectivity index (χ0n) is 12.0. The Morgan fingerprint density at radius 2 is 2.00 bits per heavy atom. The largest absolute Gasteiger partial charge is 0.384 e. The average molecular weight is 283 g/mol. The number of likely N-dealkylation sites (N-methyl/N-ethyl adjacent to an activating group) is 2. The number of nitrogens with zero attached hydrogens (tertiary/aromatic N) is 3. The fourth-order valence-electron chi connectivity index (χ4n) is 2.76. The Labute approximate surface area is 120 Å². The van der Waals surface area contributed by atoms with Gasteiger partial charge in [0.05, 0.1) is 10.7 Å². The molecule has 0 aromatic carbocycles. The fourth-order valence-corrected chi connectivity index (χ4v) is 2.92. The van der Waals surface area contributed by atoms with Crippen LogP contribution in [0.4, 0.5) is 5.82 Å². The molecule has 0 spiro atoms. The third kappa shape index (κ3) is 3.19. The van der Waals surface area contributed by atoms with Crippen molar-refractivity contribution in [3.8, 4) is 0 Å². The maximum atomic E-state index is 6.17. The van der Waals surface area contributed by atoms with Crippen LogP contribution in [0.3, 0.4) is 0 Å². The van der Waals surface area contributed by atoms with Gasteiger partial charge in [-0.3, -0.25) is 4.90 Å². The molecule has 1 aromatic heterocycles. The van der Waals surface area contributed by atoms with Crippen LogP contribution in [0.2, 0.25) is 5.02 Å². The number of pyridine rings is 1. The number of anilines is 1. The minimum Gasteiger partial charge on any atom is -0.384 e. The van der Waals surface area contributed by atoms with Gasteiger partial charge in [0.25, 0.3) is 0 Å². The van der Waals surface area contributed by atoms with Gasteiger partial charge in [0.1, 0.15) is 5.82 Å². The Morgan fingerprint density at radius 3 is 2.53 bits per heavy atom. The molecule has 1 saturated carbocycles. The van der Waals surface area contributed by atoms with E-state index in [2.05, 4.69) is 35.9 Å². The summed E-state index contributed by atoms with van der Waals surface area (Å²) in [6.45, 7) is 1.77. The van der Waals surface area contributed by atoms with E-state index >= 15 is 0 Å². The zero-order valence-corrected chi connectivity index (χ0v) is 12.7. The predicted octanol–water partition coefficient (Wildman–Crippen LogP) is 2.23. The summed E-state index contributed by atoms with van der Waals surface area (Å²) in [5, 5.41) is 0.688. The number of halogens is 1. The smallest absolute Gasteiger partial charge is 0.123 e. The summed E-state index contributed by atoms with van der Waals surface area (Å²) < 4.78 is 0. The zero-order chi connectivity index (χ0) is 14.0. The molecular weight excluding hydrogens is 260 g/mol. The van der Waals surface area contributed by atoms with Gasteiger partial charge in [0.15, 0.2) is 0 Å². The van der Waals surface area contributed by atoms with Crippen molar-refractivity contribution in [2.24, 2.45) is 0 Å². The van der Waals surface area contributed by atoms with Crippen LogP contribution < -0.4 is 5.73 Å². The molecule has 0 atom stereocenters. The lowest BCUT2D eigenvalue weighted by molar-refractivity contribution is 0.0256. The van der Waals surface area contributed by atoms with E-state index in [-0.39, 0.29) is 0 Å². The SMILES string of the molecule is CN(Cc1nc(N)ccc1Cl)CC1(N(C)C)CCC1. The molecule has 2 rings (SSSR count). The standard InChI is InChI=1S/C14H23ClN4/c1-18(2)14(7-4-8-14)10-19(3)9-12-11(15)5-6-13(16)17-12/h5-6H,4,7-10H2,1-3H3,(H2,16,17). The second-order valence-corrected chi connectivity index (χ2v) is 6.22. The first-order valence-corrected chi connectivity index (χ1v) is 7.08. The van der Waals surface area contributed by atoms with E-state index in [4.69, 9.17) is 17.3 Å². The summed E-state index contributed by atoms with van der Waals surface area (Å²) in [5.41, 5.74) is 6.90. The van der Waals surface area contributed by atoms with E-state index in [0.29, 0.717) is 16.4 Å². The third-order valence-electron chi connectivity index (χ3n) is 4.16. The van der Waals surface area contributed by atoms with Crippen LogP contribution >= 0.6 is 11.6 Å². The highest BCUT2D eigenvalue weighted by Gasteiger charge is 2.39. The molecule has 106 valence electrons. The summed E-state index contributed by atoms with van der Waals surface area (Å²) in [6, 6.07) is 3.55. The highest BCUT2D eigenvalue weighted by Crippen LogP contribution is 2.36. The van der Waals surface area contributed by atoms with Crippen LogP contribution in [0, 0.1) is 0 Å². The molecule has 0 amide bonds. The van der Waals surface area contributed by atoms with Crippen LogP contribution in [0.15, 0.2) is 12.1 Å². The molecule has 0 unspecified atom stereocenters. The fraction of sp³-hybridized carbons (Fsp3) is 0.643. The van der Waals surface area contributed by atoms with E-state index < -0.39 is 0 Å². The molecular formula is C14H23ClN4. The molecule has 1 aliphatic carbocycles. The lowest BCUT2D eigenvalue weighted by Crippen LogP contribution is -2.56. The van der Waals surface area contributed by atoms with Gasteiger partial charge in [-0.05, 0) is 52.5 Å². The molecule has 2 N–H and O–H groups in total. The molecule has 0 bridgehead atoms. The van der Waals surface area contributed by atoms with Crippen LogP contribution in [0.5, 0.6) is 0 Å². The number of nitrogen functional groups attached to an aromatic ring is 1. The summed E-state index contributed by atoms with van der Waals surface area (Å²) in [7, 11) is 6.45. The van der Waals surface area contributed by atoms with E-state index in [1.807, 2.05) is 6.07 Å². The van der Waals surface area contributed by atoms with Gasteiger partial charge in [-0.25, -0.2) is 4.98 Å². The highest BCUT2D eigenvalue weighted by molar-refractivity contribution is 6.31. The number of rotatable bonds is 5. The van der Waals surface area contributed by atoms with Crippen molar-refractivity contribution in [1.82, 2.24) is 14.8 Å². The van der Waals surface area contributed by atoms with Crippen molar-refractivity contribution in [1.29, 1.82) is 0 Å².